The zero-order valence-electron chi connectivity index (χ0n) is 29.5. The third-order valence-corrected chi connectivity index (χ3v) is 8.92. The fourth-order valence-electron chi connectivity index (χ4n) is 6.21. The summed E-state index contributed by atoms with van der Waals surface area (Å²) < 4.78 is 0. The number of likely N-dealkylation sites (N-methyl/N-ethyl adjacent to an activating group) is 1. The summed E-state index contributed by atoms with van der Waals surface area (Å²) >= 11 is 0. The lowest BCUT2D eigenvalue weighted by molar-refractivity contribution is -0.144. The van der Waals surface area contributed by atoms with Crippen molar-refractivity contribution in [3.05, 3.63) is 71.8 Å². The molecule has 5 N–H and O–H groups in total. The standard InChI is InChI=1S/C39H57N3O6/c1-26(2)20-31(24-35(44)33(41-5)18-12-13-19-40)38(46)42-37(27(3)4)36(45)23-30(21-28-14-8-6-9-15-28)34(43)25-32(39(47)48)22-29-16-10-7-11-17-29/h6-11,14-17,26-27,30-33,37,41H,12-13,18-25,40H2,1-5H3,(H,42,46)(H,47,48)/t30?,31?,32-,33+,37+/m1/s1. The van der Waals surface area contributed by atoms with Gasteiger partial charge in [0, 0.05) is 31.1 Å². The van der Waals surface area contributed by atoms with Gasteiger partial charge >= 0.3 is 5.97 Å². The van der Waals surface area contributed by atoms with Crippen molar-refractivity contribution in [2.24, 2.45) is 35.3 Å². The minimum absolute atomic E-state index is 0.0419. The molecule has 5 atom stereocenters. The van der Waals surface area contributed by atoms with E-state index in [1.807, 2.05) is 88.4 Å². The lowest BCUT2D eigenvalue weighted by Crippen LogP contribution is -2.48. The lowest BCUT2D eigenvalue weighted by Gasteiger charge is -2.27. The van der Waals surface area contributed by atoms with Gasteiger partial charge < -0.3 is 21.5 Å². The Balaban J connectivity index is 2.25. The van der Waals surface area contributed by atoms with Crippen molar-refractivity contribution in [1.29, 1.82) is 0 Å². The molecule has 0 spiro atoms. The molecule has 0 saturated heterocycles. The maximum Gasteiger partial charge on any atom is 0.307 e. The molecule has 0 fully saturated rings. The van der Waals surface area contributed by atoms with Crippen molar-refractivity contribution in [2.45, 2.75) is 97.6 Å². The number of carboxylic acids is 1. The van der Waals surface area contributed by atoms with Crippen LogP contribution in [0.1, 0.15) is 83.8 Å². The lowest BCUT2D eigenvalue weighted by atomic mass is 9.82. The molecule has 0 aliphatic heterocycles. The van der Waals surface area contributed by atoms with Crippen LogP contribution in [0.4, 0.5) is 0 Å². The van der Waals surface area contributed by atoms with Crippen LogP contribution in [0, 0.1) is 29.6 Å². The molecule has 2 aromatic carbocycles. The van der Waals surface area contributed by atoms with Crippen LogP contribution in [0.15, 0.2) is 60.7 Å². The van der Waals surface area contributed by atoms with Gasteiger partial charge in [-0.2, -0.15) is 0 Å². The van der Waals surface area contributed by atoms with Crippen molar-refractivity contribution in [3.63, 3.8) is 0 Å². The predicted octanol–water partition coefficient (Wildman–Crippen LogP) is 5.19. The quantitative estimate of drug-likeness (QED) is 0.112. The van der Waals surface area contributed by atoms with E-state index in [0.717, 1.165) is 24.0 Å². The van der Waals surface area contributed by atoms with E-state index in [1.165, 1.54) is 0 Å². The van der Waals surface area contributed by atoms with E-state index >= 15 is 0 Å². The molecule has 0 aromatic heterocycles. The number of carbonyl (C=O) groups is 5. The second-order valence-corrected chi connectivity index (χ2v) is 13.8. The van der Waals surface area contributed by atoms with Crippen LogP contribution < -0.4 is 16.4 Å². The number of nitrogens with two attached hydrogens (primary N) is 1. The molecule has 0 aliphatic rings. The van der Waals surface area contributed by atoms with Gasteiger partial charge in [-0.3, -0.25) is 24.0 Å². The third kappa shape index (κ3) is 14.2. The predicted molar refractivity (Wildman–Crippen MR) is 189 cm³/mol. The van der Waals surface area contributed by atoms with Crippen LogP contribution >= 0.6 is 0 Å². The summed E-state index contributed by atoms with van der Waals surface area (Å²) in [6.45, 7) is 8.23. The van der Waals surface area contributed by atoms with Gasteiger partial charge in [0.1, 0.15) is 5.78 Å². The smallest absolute Gasteiger partial charge is 0.307 e. The average molecular weight is 664 g/mol. The number of aliphatic carboxylic acids is 1. The molecular formula is C39H57N3O6. The maximum atomic E-state index is 13.9. The minimum Gasteiger partial charge on any atom is -0.481 e. The fourth-order valence-corrected chi connectivity index (χ4v) is 6.21. The Bertz CT molecular complexity index is 1300. The number of benzene rings is 2. The van der Waals surface area contributed by atoms with Gasteiger partial charge in [-0.05, 0) is 68.7 Å². The highest BCUT2D eigenvalue weighted by Crippen LogP contribution is 2.24. The number of amides is 1. The molecule has 48 heavy (non-hydrogen) atoms. The molecule has 264 valence electrons. The molecule has 0 saturated carbocycles. The number of unbranched alkanes of at least 4 members (excludes halogenated alkanes) is 1. The number of rotatable bonds is 24. The Hall–Kier alpha value is -3.69. The zero-order chi connectivity index (χ0) is 35.6. The van der Waals surface area contributed by atoms with Gasteiger partial charge in [0.05, 0.1) is 18.0 Å². The second kappa shape index (κ2) is 21.3. The number of nitrogens with one attached hydrogen (secondary N) is 2. The molecule has 0 heterocycles. The molecule has 9 heteroatoms. The van der Waals surface area contributed by atoms with E-state index < -0.39 is 29.8 Å². The van der Waals surface area contributed by atoms with E-state index in [9.17, 15) is 29.1 Å². The van der Waals surface area contributed by atoms with Gasteiger partial charge in [0.2, 0.25) is 5.91 Å². The van der Waals surface area contributed by atoms with Crippen LogP contribution in [0.3, 0.4) is 0 Å². The Morgan fingerprint density at radius 3 is 1.71 bits per heavy atom. The molecule has 0 bridgehead atoms. The maximum absolute atomic E-state index is 13.9. The Kier molecular flexibility index (Phi) is 18.0. The van der Waals surface area contributed by atoms with Gasteiger partial charge in [-0.1, -0.05) is 94.8 Å². The minimum atomic E-state index is -1.06. The van der Waals surface area contributed by atoms with E-state index in [1.54, 1.807) is 7.05 Å². The van der Waals surface area contributed by atoms with Crippen molar-refractivity contribution in [1.82, 2.24) is 10.6 Å². The van der Waals surface area contributed by atoms with Gasteiger partial charge in [-0.25, -0.2) is 0 Å². The summed E-state index contributed by atoms with van der Waals surface area (Å²) in [6, 6.07) is 17.3. The van der Waals surface area contributed by atoms with E-state index in [0.29, 0.717) is 19.4 Å². The summed E-state index contributed by atoms with van der Waals surface area (Å²) in [5, 5.41) is 16.0. The number of carboxylic acid groups (broad SMARTS) is 1. The molecule has 9 nitrogen and oxygen atoms in total. The van der Waals surface area contributed by atoms with Crippen LogP contribution in [-0.4, -0.2) is 60.0 Å². The highest BCUT2D eigenvalue weighted by Gasteiger charge is 2.34. The fraction of sp³-hybridized carbons (Fsp3) is 0.564. The molecule has 2 aromatic rings. The Labute approximate surface area is 286 Å². The molecule has 0 aliphatic carbocycles. The summed E-state index contributed by atoms with van der Waals surface area (Å²) in [5.41, 5.74) is 7.31. The second-order valence-electron chi connectivity index (χ2n) is 13.8. The van der Waals surface area contributed by atoms with Crippen LogP contribution in [0.25, 0.3) is 0 Å². The van der Waals surface area contributed by atoms with Crippen molar-refractivity contribution in [3.8, 4) is 0 Å². The SMILES string of the molecule is CN[C@@H](CCCCN)C(=O)CC(CC(C)C)C(=O)N[C@H](C(=O)CC(Cc1ccccc1)C(=O)C[C@@H](Cc1ccccc1)C(=O)O)C(C)C. The largest absolute Gasteiger partial charge is 0.481 e. The number of Topliss-reactive ketones (excluding diaryl/α,β-unsaturated/α-hetero) is 3. The number of ketones is 3. The molecule has 1 amide bonds. The highest BCUT2D eigenvalue weighted by atomic mass is 16.4. The molecule has 2 unspecified atom stereocenters. The van der Waals surface area contributed by atoms with E-state index in [-0.39, 0.29) is 73.2 Å². The topological polar surface area (TPSA) is 156 Å². The summed E-state index contributed by atoms with van der Waals surface area (Å²) in [4.78, 5) is 66.9. The first-order valence-corrected chi connectivity index (χ1v) is 17.4. The Morgan fingerprint density at radius 2 is 1.23 bits per heavy atom. The van der Waals surface area contributed by atoms with Gasteiger partial charge in [0.25, 0.3) is 0 Å². The van der Waals surface area contributed by atoms with Crippen molar-refractivity contribution in [2.75, 3.05) is 13.6 Å². The first-order chi connectivity index (χ1) is 22.9. The van der Waals surface area contributed by atoms with E-state index in [4.69, 9.17) is 5.73 Å². The van der Waals surface area contributed by atoms with Crippen LogP contribution in [0.2, 0.25) is 0 Å². The summed E-state index contributed by atoms with van der Waals surface area (Å²) in [6.07, 6.45) is 2.96. The Morgan fingerprint density at radius 1 is 0.708 bits per heavy atom. The summed E-state index contributed by atoms with van der Waals surface area (Å²) in [7, 11) is 1.74. The first kappa shape index (κ1) is 40.5. The number of hydrogen-bond donors (Lipinski definition) is 4. The van der Waals surface area contributed by atoms with Gasteiger partial charge in [0.15, 0.2) is 11.6 Å². The summed E-state index contributed by atoms with van der Waals surface area (Å²) in [5.74, 6) is -4.43. The molecule has 2 rings (SSSR count). The molecular weight excluding hydrogens is 606 g/mol. The zero-order valence-corrected chi connectivity index (χ0v) is 29.5. The number of carbonyl (C=O) groups excluding carboxylic acids is 4. The normalized spacial score (nSPS) is 14.6. The third-order valence-electron chi connectivity index (χ3n) is 8.92. The van der Waals surface area contributed by atoms with Crippen molar-refractivity contribution >= 4 is 29.2 Å². The van der Waals surface area contributed by atoms with Crippen LogP contribution in [0.5, 0.6) is 0 Å². The van der Waals surface area contributed by atoms with Crippen LogP contribution in [-0.2, 0) is 36.8 Å². The monoisotopic (exact) mass is 663 g/mol. The molecule has 0 radical (unpaired) electrons. The number of hydrogen-bond acceptors (Lipinski definition) is 7. The average Bonchev–Trinajstić information content (AvgIpc) is 3.05. The first-order valence-electron chi connectivity index (χ1n) is 17.4. The highest BCUT2D eigenvalue weighted by molar-refractivity contribution is 5.95. The van der Waals surface area contributed by atoms with Gasteiger partial charge in [-0.15, -0.1) is 0 Å². The van der Waals surface area contributed by atoms with E-state index in [2.05, 4.69) is 10.6 Å². The van der Waals surface area contributed by atoms with Crippen molar-refractivity contribution < 1.29 is 29.1 Å².